The molecule has 0 fully saturated rings. The molecule has 0 aliphatic heterocycles. The van der Waals surface area contributed by atoms with Gasteiger partial charge in [-0.05, 0) is 52.2 Å². The topological polar surface area (TPSA) is 25.8 Å². The van der Waals surface area contributed by atoms with Gasteiger partial charge in [0.05, 0.1) is 11.4 Å². The Hall–Kier alpha value is -4.08. The third kappa shape index (κ3) is 4.51. The van der Waals surface area contributed by atoms with Crippen LogP contribution in [0.3, 0.4) is 0 Å². The van der Waals surface area contributed by atoms with E-state index in [1.807, 2.05) is 18.2 Å². The molecule has 6 rings (SSSR count). The largest absolute Gasteiger partial charge is 0.228 e. The normalized spacial score (nSPS) is 11.0. The van der Waals surface area contributed by atoms with E-state index in [0.29, 0.717) is 5.82 Å². The first-order valence-corrected chi connectivity index (χ1v) is 12.3. The maximum atomic E-state index is 5.01. The lowest BCUT2D eigenvalue weighted by molar-refractivity contribution is 1.18. The molecule has 0 N–H and O–H groups in total. The summed E-state index contributed by atoms with van der Waals surface area (Å²) < 4.78 is 1.00. The molecule has 0 aliphatic rings. The molecule has 1 aromatic heterocycles. The van der Waals surface area contributed by atoms with Crippen molar-refractivity contribution in [3.05, 3.63) is 132 Å². The molecule has 5 aromatic carbocycles. The highest BCUT2D eigenvalue weighted by molar-refractivity contribution is 9.10. The fourth-order valence-electron chi connectivity index (χ4n) is 4.34. The summed E-state index contributed by atoms with van der Waals surface area (Å²) in [6, 6.07) is 44.1. The van der Waals surface area contributed by atoms with E-state index in [9.17, 15) is 0 Å². The lowest BCUT2D eigenvalue weighted by atomic mass is 10.00. The van der Waals surface area contributed by atoms with Crippen molar-refractivity contribution >= 4 is 26.7 Å². The van der Waals surface area contributed by atoms with Crippen molar-refractivity contribution in [2.75, 3.05) is 0 Å². The van der Waals surface area contributed by atoms with Gasteiger partial charge in [-0.15, -0.1) is 0 Å². The van der Waals surface area contributed by atoms with Crippen LogP contribution in [0.1, 0.15) is 0 Å². The van der Waals surface area contributed by atoms with Gasteiger partial charge in [-0.25, -0.2) is 9.97 Å². The molecular weight excluding hydrogens is 492 g/mol. The van der Waals surface area contributed by atoms with Gasteiger partial charge in [0.25, 0.3) is 0 Å². The summed E-state index contributed by atoms with van der Waals surface area (Å²) in [6.45, 7) is 0. The lowest BCUT2D eigenvalue weighted by Crippen LogP contribution is -1.96. The fourth-order valence-corrected chi connectivity index (χ4v) is 4.74. The summed E-state index contributed by atoms with van der Waals surface area (Å²) in [6.07, 6.45) is 0. The highest BCUT2D eigenvalue weighted by Gasteiger charge is 2.12. The van der Waals surface area contributed by atoms with Crippen molar-refractivity contribution in [3.8, 4) is 45.0 Å². The van der Waals surface area contributed by atoms with E-state index < -0.39 is 0 Å². The summed E-state index contributed by atoms with van der Waals surface area (Å²) >= 11 is 3.59. The van der Waals surface area contributed by atoms with E-state index in [4.69, 9.17) is 9.97 Å². The minimum absolute atomic E-state index is 0.706. The summed E-state index contributed by atoms with van der Waals surface area (Å²) in [5.41, 5.74) is 7.26. The Bertz CT molecular complexity index is 1660. The van der Waals surface area contributed by atoms with Crippen LogP contribution in [0.25, 0.3) is 55.8 Å². The molecule has 0 saturated heterocycles. The van der Waals surface area contributed by atoms with Crippen molar-refractivity contribution in [2.24, 2.45) is 0 Å². The summed E-state index contributed by atoms with van der Waals surface area (Å²) in [5.74, 6) is 0.706. The third-order valence-corrected chi connectivity index (χ3v) is 6.61. The Morgan fingerprint density at radius 2 is 1.03 bits per heavy atom. The number of rotatable bonds is 4. The molecule has 0 bridgehead atoms. The zero-order valence-electron chi connectivity index (χ0n) is 18.9. The minimum atomic E-state index is 0.706. The quantitative estimate of drug-likeness (QED) is 0.235. The summed E-state index contributed by atoms with van der Waals surface area (Å²) in [7, 11) is 0. The number of nitrogens with zero attached hydrogens (tertiary/aromatic N) is 2. The van der Waals surface area contributed by atoms with Gasteiger partial charge in [-0.1, -0.05) is 113 Å². The average Bonchev–Trinajstić information content (AvgIpc) is 2.93. The Morgan fingerprint density at radius 1 is 0.400 bits per heavy atom. The third-order valence-electron chi connectivity index (χ3n) is 6.12. The molecule has 35 heavy (non-hydrogen) atoms. The number of hydrogen-bond acceptors (Lipinski definition) is 2. The van der Waals surface area contributed by atoms with Gasteiger partial charge in [0.15, 0.2) is 5.82 Å². The van der Waals surface area contributed by atoms with Crippen LogP contribution in [0.4, 0.5) is 0 Å². The number of fused-ring (bicyclic) bond motifs is 1. The second-order valence-corrected chi connectivity index (χ2v) is 9.40. The van der Waals surface area contributed by atoms with Gasteiger partial charge in [-0.3, -0.25) is 0 Å². The first kappa shape index (κ1) is 21.5. The first-order valence-electron chi connectivity index (χ1n) is 11.5. The van der Waals surface area contributed by atoms with E-state index in [1.165, 1.54) is 16.3 Å². The van der Waals surface area contributed by atoms with Gasteiger partial charge in [-0.2, -0.15) is 0 Å². The average molecular weight is 513 g/mol. The van der Waals surface area contributed by atoms with Crippen LogP contribution in [0.5, 0.6) is 0 Å². The summed E-state index contributed by atoms with van der Waals surface area (Å²) in [5, 5.41) is 2.41. The van der Waals surface area contributed by atoms with Crippen LogP contribution in [-0.4, -0.2) is 9.97 Å². The molecule has 1 heterocycles. The van der Waals surface area contributed by atoms with Crippen LogP contribution in [0.15, 0.2) is 132 Å². The molecule has 0 saturated carbocycles. The molecule has 6 aromatic rings. The van der Waals surface area contributed by atoms with Gasteiger partial charge in [0.1, 0.15) is 0 Å². The number of aromatic nitrogens is 2. The van der Waals surface area contributed by atoms with E-state index in [-0.39, 0.29) is 0 Å². The van der Waals surface area contributed by atoms with Crippen molar-refractivity contribution in [1.82, 2.24) is 9.97 Å². The standard InChI is InChI=1S/C32H21BrN2/c33-29-15-7-14-28(20-29)32-34-30(26-13-6-12-25(18-26)22-8-2-1-3-9-22)21-31(35-32)27-17-16-23-10-4-5-11-24(23)19-27/h1-21H. The van der Waals surface area contributed by atoms with Crippen LogP contribution in [0, 0.1) is 0 Å². The second-order valence-electron chi connectivity index (χ2n) is 8.48. The zero-order chi connectivity index (χ0) is 23.6. The monoisotopic (exact) mass is 512 g/mol. The molecular formula is C32H21BrN2. The van der Waals surface area contributed by atoms with E-state index >= 15 is 0 Å². The van der Waals surface area contributed by atoms with Crippen molar-refractivity contribution in [3.63, 3.8) is 0 Å². The molecule has 3 heteroatoms. The maximum absolute atomic E-state index is 5.01. The molecule has 166 valence electrons. The van der Waals surface area contributed by atoms with Crippen LogP contribution in [0.2, 0.25) is 0 Å². The smallest absolute Gasteiger partial charge is 0.160 e. The Balaban J connectivity index is 1.53. The van der Waals surface area contributed by atoms with E-state index in [1.54, 1.807) is 0 Å². The predicted octanol–water partition coefficient (Wildman–Crippen LogP) is 9.06. The van der Waals surface area contributed by atoms with E-state index in [2.05, 4.69) is 125 Å². The predicted molar refractivity (Wildman–Crippen MR) is 149 cm³/mol. The SMILES string of the molecule is Brc1cccc(-c2nc(-c3cccc(-c4ccccc4)c3)cc(-c3ccc4ccccc4c3)n2)c1. The Morgan fingerprint density at radius 3 is 1.83 bits per heavy atom. The second kappa shape index (κ2) is 9.28. The highest BCUT2D eigenvalue weighted by Crippen LogP contribution is 2.31. The number of halogens is 1. The number of benzene rings is 5. The molecule has 0 unspecified atom stereocenters. The van der Waals surface area contributed by atoms with Gasteiger partial charge < -0.3 is 0 Å². The van der Waals surface area contributed by atoms with Gasteiger partial charge in [0.2, 0.25) is 0 Å². The molecule has 0 radical (unpaired) electrons. The maximum Gasteiger partial charge on any atom is 0.160 e. The number of hydrogen-bond donors (Lipinski definition) is 0. The van der Waals surface area contributed by atoms with Crippen molar-refractivity contribution in [1.29, 1.82) is 0 Å². The Labute approximate surface area is 213 Å². The molecule has 0 atom stereocenters. The van der Waals surface area contributed by atoms with Crippen LogP contribution in [-0.2, 0) is 0 Å². The fraction of sp³-hybridized carbons (Fsp3) is 0. The highest BCUT2D eigenvalue weighted by atomic mass is 79.9. The van der Waals surface area contributed by atoms with Gasteiger partial charge >= 0.3 is 0 Å². The molecule has 0 amide bonds. The van der Waals surface area contributed by atoms with Crippen LogP contribution < -0.4 is 0 Å². The molecule has 0 aliphatic carbocycles. The van der Waals surface area contributed by atoms with Crippen molar-refractivity contribution < 1.29 is 0 Å². The van der Waals surface area contributed by atoms with Gasteiger partial charge in [0, 0.05) is 21.2 Å². The Kier molecular flexibility index (Phi) is 5.69. The zero-order valence-corrected chi connectivity index (χ0v) is 20.5. The van der Waals surface area contributed by atoms with Crippen LogP contribution >= 0.6 is 15.9 Å². The molecule has 0 spiro atoms. The first-order chi connectivity index (χ1) is 17.2. The van der Waals surface area contributed by atoms with E-state index in [0.717, 1.165) is 38.1 Å². The van der Waals surface area contributed by atoms with Crippen molar-refractivity contribution in [2.45, 2.75) is 0 Å². The molecule has 2 nitrogen and oxygen atoms in total. The minimum Gasteiger partial charge on any atom is -0.228 e. The lowest BCUT2D eigenvalue weighted by Gasteiger charge is -2.11. The summed E-state index contributed by atoms with van der Waals surface area (Å²) in [4.78, 5) is 10.0.